The van der Waals surface area contributed by atoms with Gasteiger partial charge in [0.1, 0.15) is 5.75 Å². The lowest BCUT2D eigenvalue weighted by molar-refractivity contribution is -0.0354. The van der Waals surface area contributed by atoms with E-state index in [9.17, 15) is 9.90 Å². The Balaban J connectivity index is 1.72. The molecule has 19 heavy (non-hydrogen) atoms. The molecule has 1 aromatic rings. The Morgan fingerprint density at radius 2 is 1.53 bits per heavy atom. The minimum absolute atomic E-state index is 0.145. The van der Waals surface area contributed by atoms with Crippen molar-refractivity contribution in [3.8, 4) is 5.75 Å². The Bertz CT molecular complexity index is 497. The van der Waals surface area contributed by atoms with Gasteiger partial charge in [-0.3, -0.25) is 4.79 Å². The highest BCUT2D eigenvalue weighted by atomic mass is 16.3. The number of phenolic OH excluding ortho intramolecular Hbond substituents is 1. The van der Waals surface area contributed by atoms with Gasteiger partial charge in [-0.05, 0) is 68.4 Å². The zero-order valence-corrected chi connectivity index (χ0v) is 11.1. The fourth-order valence-electron chi connectivity index (χ4n) is 5.34. The lowest BCUT2D eigenvalue weighted by atomic mass is 9.48. The molecule has 4 aliphatic carbocycles. The van der Waals surface area contributed by atoms with Crippen LogP contribution < -0.4 is 0 Å². The molecular formula is C17H20O2. The monoisotopic (exact) mass is 256 g/mol. The molecule has 0 aliphatic heterocycles. The van der Waals surface area contributed by atoms with Crippen molar-refractivity contribution in [3.63, 3.8) is 0 Å². The summed E-state index contributed by atoms with van der Waals surface area (Å²) in [6.45, 7) is 0. The van der Waals surface area contributed by atoms with Crippen molar-refractivity contribution in [2.45, 2.75) is 38.5 Å². The maximum atomic E-state index is 13.0. The van der Waals surface area contributed by atoms with Crippen LogP contribution in [-0.2, 0) is 0 Å². The minimum Gasteiger partial charge on any atom is -0.507 e. The Morgan fingerprint density at radius 1 is 1.00 bits per heavy atom. The predicted molar refractivity (Wildman–Crippen MR) is 73.0 cm³/mol. The second kappa shape index (κ2) is 3.84. The lowest BCUT2D eigenvalue weighted by Gasteiger charge is -2.55. The highest BCUT2D eigenvalue weighted by Crippen LogP contribution is 2.61. The molecule has 2 nitrogen and oxygen atoms in total. The highest BCUT2D eigenvalue weighted by Gasteiger charge is 2.54. The maximum absolute atomic E-state index is 13.0. The van der Waals surface area contributed by atoms with Crippen LogP contribution in [0.15, 0.2) is 24.3 Å². The molecule has 4 aliphatic rings. The van der Waals surface area contributed by atoms with Crippen LogP contribution in [-0.4, -0.2) is 10.9 Å². The van der Waals surface area contributed by atoms with Crippen molar-refractivity contribution in [2.75, 3.05) is 0 Å². The number of Topliss-reactive ketones (excluding diaryl/α,β-unsaturated/α-hetero) is 1. The molecular weight excluding hydrogens is 236 g/mol. The largest absolute Gasteiger partial charge is 0.507 e. The maximum Gasteiger partial charge on any atom is 0.172 e. The van der Waals surface area contributed by atoms with E-state index in [1.807, 2.05) is 6.07 Å². The quantitative estimate of drug-likeness (QED) is 0.817. The van der Waals surface area contributed by atoms with Crippen LogP contribution >= 0.6 is 0 Å². The summed E-state index contributed by atoms with van der Waals surface area (Å²) < 4.78 is 0. The van der Waals surface area contributed by atoms with E-state index in [-0.39, 0.29) is 16.9 Å². The van der Waals surface area contributed by atoms with E-state index >= 15 is 0 Å². The second-order valence-electron chi connectivity index (χ2n) is 7.04. The van der Waals surface area contributed by atoms with Gasteiger partial charge in [-0.2, -0.15) is 0 Å². The predicted octanol–water partition coefficient (Wildman–Crippen LogP) is 3.79. The Morgan fingerprint density at radius 3 is 2.05 bits per heavy atom. The number of para-hydroxylation sites is 1. The van der Waals surface area contributed by atoms with E-state index in [0.717, 1.165) is 37.0 Å². The van der Waals surface area contributed by atoms with Gasteiger partial charge >= 0.3 is 0 Å². The lowest BCUT2D eigenvalue weighted by Crippen LogP contribution is -2.50. The fraction of sp³-hybridized carbons (Fsp3) is 0.588. The number of rotatable bonds is 2. The summed E-state index contributed by atoms with van der Waals surface area (Å²) in [5, 5.41) is 9.96. The number of hydrogen-bond donors (Lipinski definition) is 1. The molecule has 0 saturated heterocycles. The topological polar surface area (TPSA) is 37.3 Å². The molecule has 0 heterocycles. The molecule has 4 saturated carbocycles. The number of ketones is 1. The van der Waals surface area contributed by atoms with E-state index in [1.54, 1.807) is 18.2 Å². The first-order chi connectivity index (χ1) is 9.16. The molecule has 0 amide bonds. The van der Waals surface area contributed by atoms with Gasteiger partial charge in [0.05, 0.1) is 5.56 Å². The molecule has 0 aromatic heterocycles. The van der Waals surface area contributed by atoms with E-state index in [2.05, 4.69) is 0 Å². The van der Waals surface area contributed by atoms with Gasteiger partial charge in [0, 0.05) is 5.41 Å². The smallest absolute Gasteiger partial charge is 0.172 e. The molecule has 4 fully saturated rings. The summed E-state index contributed by atoms with van der Waals surface area (Å²) in [6, 6.07) is 7.06. The molecule has 1 N–H and O–H groups in total. The zero-order chi connectivity index (χ0) is 13.0. The number of hydrogen-bond acceptors (Lipinski definition) is 2. The Kier molecular flexibility index (Phi) is 2.33. The molecule has 100 valence electrons. The SMILES string of the molecule is O=C(c1ccccc1O)C12CC3CC(CC(C3)C1)C2. The van der Waals surface area contributed by atoms with Crippen molar-refractivity contribution in [1.29, 1.82) is 0 Å². The molecule has 5 rings (SSSR count). The number of phenols is 1. The van der Waals surface area contributed by atoms with Crippen molar-refractivity contribution >= 4 is 5.78 Å². The normalized spacial score (nSPS) is 39.5. The van der Waals surface area contributed by atoms with Crippen LogP contribution in [0.25, 0.3) is 0 Å². The van der Waals surface area contributed by atoms with Gasteiger partial charge < -0.3 is 5.11 Å². The number of carbonyl (C=O) groups excluding carboxylic acids is 1. The first-order valence-electron chi connectivity index (χ1n) is 7.49. The van der Waals surface area contributed by atoms with Crippen LogP contribution in [0.3, 0.4) is 0 Å². The molecule has 0 radical (unpaired) electrons. The average molecular weight is 256 g/mol. The van der Waals surface area contributed by atoms with Crippen molar-refractivity contribution in [3.05, 3.63) is 29.8 Å². The summed E-state index contributed by atoms with van der Waals surface area (Å²) in [4.78, 5) is 13.0. The summed E-state index contributed by atoms with van der Waals surface area (Å²) >= 11 is 0. The number of carbonyl (C=O) groups is 1. The average Bonchev–Trinajstić information content (AvgIpc) is 2.37. The molecule has 0 unspecified atom stereocenters. The molecule has 1 aromatic carbocycles. The third-order valence-corrected chi connectivity index (χ3v) is 5.67. The van der Waals surface area contributed by atoms with Gasteiger partial charge in [0.2, 0.25) is 0 Å². The first-order valence-corrected chi connectivity index (χ1v) is 7.49. The van der Waals surface area contributed by atoms with Gasteiger partial charge in [0.15, 0.2) is 5.78 Å². The molecule has 0 spiro atoms. The van der Waals surface area contributed by atoms with Crippen LogP contribution in [0.4, 0.5) is 0 Å². The molecule has 0 atom stereocenters. The number of benzene rings is 1. The van der Waals surface area contributed by atoms with Crippen LogP contribution in [0, 0.1) is 23.2 Å². The molecule has 4 bridgehead atoms. The zero-order valence-electron chi connectivity index (χ0n) is 11.1. The van der Waals surface area contributed by atoms with Crippen molar-refractivity contribution in [2.24, 2.45) is 23.2 Å². The highest BCUT2D eigenvalue weighted by molar-refractivity contribution is 6.02. The van der Waals surface area contributed by atoms with Crippen LogP contribution in [0.2, 0.25) is 0 Å². The standard InChI is InChI=1S/C17H20O2/c18-15-4-2-1-3-14(15)16(19)17-8-11-5-12(9-17)7-13(6-11)10-17/h1-4,11-13,18H,5-10H2. The van der Waals surface area contributed by atoms with Gasteiger partial charge in [-0.25, -0.2) is 0 Å². The van der Waals surface area contributed by atoms with Crippen LogP contribution in [0.5, 0.6) is 5.75 Å². The van der Waals surface area contributed by atoms with Gasteiger partial charge in [0.25, 0.3) is 0 Å². The third kappa shape index (κ3) is 1.65. The van der Waals surface area contributed by atoms with Crippen LogP contribution in [0.1, 0.15) is 48.9 Å². The van der Waals surface area contributed by atoms with Crippen molar-refractivity contribution < 1.29 is 9.90 Å². The van der Waals surface area contributed by atoms with Gasteiger partial charge in [-0.1, -0.05) is 12.1 Å². The third-order valence-electron chi connectivity index (χ3n) is 5.67. The second-order valence-corrected chi connectivity index (χ2v) is 7.04. The van der Waals surface area contributed by atoms with E-state index in [1.165, 1.54) is 19.3 Å². The summed E-state index contributed by atoms with van der Waals surface area (Å²) in [6.07, 6.45) is 7.21. The summed E-state index contributed by atoms with van der Waals surface area (Å²) in [7, 11) is 0. The van der Waals surface area contributed by atoms with Gasteiger partial charge in [-0.15, -0.1) is 0 Å². The fourth-order valence-corrected chi connectivity index (χ4v) is 5.34. The number of aromatic hydroxyl groups is 1. The summed E-state index contributed by atoms with van der Waals surface area (Å²) in [5.41, 5.74) is 0.401. The summed E-state index contributed by atoms with van der Waals surface area (Å²) in [5.74, 6) is 2.66. The first kappa shape index (κ1) is 11.5. The van der Waals surface area contributed by atoms with Crippen molar-refractivity contribution in [1.82, 2.24) is 0 Å². The minimum atomic E-state index is -0.145. The van der Waals surface area contributed by atoms with E-state index in [4.69, 9.17) is 0 Å². The van der Waals surface area contributed by atoms with E-state index in [0.29, 0.717) is 5.56 Å². The van der Waals surface area contributed by atoms with E-state index < -0.39 is 0 Å². The Labute approximate surface area is 113 Å². The Hall–Kier alpha value is -1.31. The molecule has 2 heteroatoms.